The van der Waals surface area contributed by atoms with E-state index >= 15 is 0 Å². The van der Waals surface area contributed by atoms with Gasteiger partial charge >= 0.3 is 0 Å². The van der Waals surface area contributed by atoms with Crippen molar-refractivity contribution in [3.8, 4) is 0 Å². The molecule has 5 nitrogen and oxygen atoms in total. The van der Waals surface area contributed by atoms with Crippen molar-refractivity contribution in [2.45, 2.75) is 25.4 Å². The van der Waals surface area contributed by atoms with Crippen LogP contribution in [0, 0.1) is 5.92 Å². The number of guanidine groups is 1. The lowest BCUT2D eigenvalue weighted by Crippen LogP contribution is -2.43. The number of hydrogen-bond donors (Lipinski definition) is 2. The van der Waals surface area contributed by atoms with Gasteiger partial charge in [0.15, 0.2) is 5.96 Å². The molecule has 0 aromatic heterocycles. The molecule has 0 amide bonds. The molecule has 2 N–H and O–H groups in total. The summed E-state index contributed by atoms with van der Waals surface area (Å²) in [5.74, 6) is 1.35. The van der Waals surface area contributed by atoms with Crippen LogP contribution in [0.2, 0.25) is 0 Å². The largest absolute Gasteiger partial charge is 0.383 e. The van der Waals surface area contributed by atoms with Crippen LogP contribution >= 0.6 is 0 Å². The second kappa shape index (κ2) is 10.4. The molecule has 5 heteroatoms. The molecule has 2 aromatic rings. The number of benzene rings is 2. The number of aliphatic imine (C=N–C) groups is 1. The molecule has 29 heavy (non-hydrogen) atoms. The molecule has 1 fully saturated rings. The molecule has 0 spiro atoms. The van der Waals surface area contributed by atoms with Crippen molar-refractivity contribution in [3.05, 3.63) is 71.8 Å². The molecule has 0 bridgehead atoms. The van der Waals surface area contributed by atoms with E-state index in [0.717, 1.165) is 49.8 Å². The SMILES string of the molecule is CCNC(=NCC(O)(Cc1ccccc1)c1ccccc1)N(C)CC1CCOC1. The maximum absolute atomic E-state index is 11.6. The van der Waals surface area contributed by atoms with Gasteiger partial charge in [-0.05, 0) is 24.5 Å². The van der Waals surface area contributed by atoms with Crippen molar-refractivity contribution < 1.29 is 9.84 Å². The normalized spacial score (nSPS) is 19.0. The monoisotopic (exact) mass is 395 g/mol. The lowest BCUT2D eigenvalue weighted by Gasteiger charge is -2.29. The highest BCUT2D eigenvalue weighted by molar-refractivity contribution is 5.79. The summed E-state index contributed by atoms with van der Waals surface area (Å²) in [5.41, 5.74) is 0.909. The highest BCUT2D eigenvalue weighted by Gasteiger charge is 2.30. The van der Waals surface area contributed by atoms with Gasteiger partial charge in [0.2, 0.25) is 0 Å². The minimum atomic E-state index is -1.07. The molecule has 2 unspecified atom stereocenters. The minimum absolute atomic E-state index is 0.291. The maximum Gasteiger partial charge on any atom is 0.193 e. The van der Waals surface area contributed by atoms with Gasteiger partial charge in [0, 0.05) is 39.1 Å². The van der Waals surface area contributed by atoms with Gasteiger partial charge < -0.3 is 20.1 Å². The summed E-state index contributed by atoms with van der Waals surface area (Å²) in [5, 5.41) is 15.0. The Balaban J connectivity index is 1.80. The molecule has 2 aromatic carbocycles. The third kappa shape index (κ3) is 6.05. The number of rotatable bonds is 8. The van der Waals surface area contributed by atoms with Crippen LogP contribution in [-0.2, 0) is 16.8 Å². The molecule has 0 aliphatic carbocycles. The van der Waals surface area contributed by atoms with E-state index in [0.29, 0.717) is 18.9 Å². The first-order valence-electron chi connectivity index (χ1n) is 10.5. The van der Waals surface area contributed by atoms with E-state index < -0.39 is 5.60 Å². The average Bonchev–Trinajstić information content (AvgIpc) is 3.25. The van der Waals surface area contributed by atoms with E-state index in [1.807, 2.05) is 48.5 Å². The van der Waals surface area contributed by atoms with Crippen molar-refractivity contribution in [1.82, 2.24) is 10.2 Å². The molecule has 0 radical (unpaired) electrons. The number of nitrogens with zero attached hydrogens (tertiary/aromatic N) is 2. The van der Waals surface area contributed by atoms with E-state index in [1.54, 1.807) is 0 Å². The molecular formula is C24H33N3O2. The Labute approximate surface area is 174 Å². The van der Waals surface area contributed by atoms with E-state index in [9.17, 15) is 5.11 Å². The number of ether oxygens (including phenoxy) is 1. The van der Waals surface area contributed by atoms with E-state index in [4.69, 9.17) is 9.73 Å². The van der Waals surface area contributed by atoms with Crippen LogP contribution in [0.25, 0.3) is 0 Å². The molecule has 1 aliphatic heterocycles. The molecule has 156 valence electrons. The lowest BCUT2D eigenvalue weighted by atomic mass is 9.87. The molecule has 1 heterocycles. The molecule has 3 rings (SSSR count). The number of nitrogens with one attached hydrogen (secondary N) is 1. The van der Waals surface area contributed by atoms with Crippen LogP contribution < -0.4 is 5.32 Å². The summed E-state index contributed by atoms with van der Waals surface area (Å²) in [4.78, 5) is 6.99. The van der Waals surface area contributed by atoms with E-state index in [1.165, 1.54) is 0 Å². The Bertz CT molecular complexity index is 760. The molecule has 2 atom stereocenters. The van der Waals surface area contributed by atoms with Crippen LogP contribution in [0.1, 0.15) is 24.5 Å². The Morgan fingerprint density at radius 2 is 1.86 bits per heavy atom. The molecule has 0 saturated carbocycles. The first kappa shape index (κ1) is 21.3. The zero-order valence-electron chi connectivity index (χ0n) is 17.6. The Morgan fingerprint density at radius 3 is 2.48 bits per heavy atom. The van der Waals surface area contributed by atoms with Gasteiger partial charge in [0.1, 0.15) is 5.60 Å². The lowest BCUT2D eigenvalue weighted by molar-refractivity contribution is 0.0464. The van der Waals surface area contributed by atoms with Crippen molar-refractivity contribution in [2.24, 2.45) is 10.9 Å². The fraction of sp³-hybridized carbons (Fsp3) is 0.458. The van der Waals surface area contributed by atoms with Gasteiger partial charge in [-0.3, -0.25) is 0 Å². The van der Waals surface area contributed by atoms with Crippen LogP contribution in [-0.4, -0.2) is 55.9 Å². The third-order valence-electron chi connectivity index (χ3n) is 5.39. The van der Waals surface area contributed by atoms with Crippen molar-refractivity contribution in [3.63, 3.8) is 0 Å². The first-order chi connectivity index (χ1) is 14.1. The van der Waals surface area contributed by atoms with Crippen LogP contribution in [0.15, 0.2) is 65.7 Å². The van der Waals surface area contributed by atoms with Gasteiger partial charge in [0.05, 0.1) is 13.2 Å². The fourth-order valence-electron chi connectivity index (χ4n) is 3.81. The van der Waals surface area contributed by atoms with E-state index in [2.05, 4.69) is 36.3 Å². The van der Waals surface area contributed by atoms with Crippen molar-refractivity contribution in [2.75, 3.05) is 39.9 Å². The summed E-state index contributed by atoms with van der Waals surface area (Å²) in [6.45, 7) is 5.69. The number of hydrogen-bond acceptors (Lipinski definition) is 3. The Hall–Kier alpha value is -2.37. The second-order valence-corrected chi connectivity index (χ2v) is 7.84. The predicted molar refractivity (Wildman–Crippen MR) is 118 cm³/mol. The summed E-state index contributed by atoms with van der Waals surface area (Å²) < 4.78 is 5.51. The average molecular weight is 396 g/mol. The fourth-order valence-corrected chi connectivity index (χ4v) is 3.81. The predicted octanol–water partition coefficient (Wildman–Crippen LogP) is 3.05. The highest BCUT2D eigenvalue weighted by Crippen LogP contribution is 2.26. The van der Waals surface area contributed by atoms with Gasteiger partial charge in [-0.2, -0.15) is 0 Å². The topological polar surface area (TPSA) is 57.1 Å². The number of aliphatic hydroxyl groups is 1. The smallest absolute Gasteiger partial charge is 0.193 e. The summed E-state index contributed by atoms with van der Waals surface area (Å²) in [6, 6.07) is 20.0. The van der Waals surface area contributed by atoms with Gasteiger partial charge in [0.25, 0.3) is 0 Å². The standard InChI is InChI=1S/C24H33N3O2/c1-3-25-23(27(2)17-21-14-15-29-18-21)26-19-24(28,22-12-8-5-9-13-22)16-20-10-6-4-7-11-20/h4-13,21,28H,3,14-19H2,1-2H3,(H,25,26). The maximum atomic E-state index is 11.6. The summed E-state index contributed by atoms with van der Waals surface area (Å²) in [6.07, 6.45) is 1.60. The highest BCUT2D eigenvalue weighted by atomic mass is 16.5. The van der Waals surface area contributed by atoms with Crippen LogP contribution in [0.4, 0.5) is 0 Å². The van der Waals surface area contributed by atoms with E-state index in [-0.39, 0.29) is 0 Å². The van der Waals surface area contributed by atoms with Gasteiger partial charge in [-0.1, -0.05) is 60.7 Å². The van der Waals surface area contributed by atoms with Gasteiger partial charge in [-0.15, -0.1) is 0 Å². The Morgan fingerprint density at radius 1 is 1.17 bits per heavy atom. The second-order valence-electron chi connectivity index (χ2n) is 7.84. The minimum Gasteiger partial charge on any atom is -0.383 e. The van der Waals surface area contributed by atoms with Crippen molar-refractivity contribution >= 4 is 5.96 Å². The summed E-state index contributed by atoms with van der Waals surface area (Å²) in [7, 11) is 2.05. The van der Waals surface area contributed by atoms with Crippen molar-refractivity contribution in [1.29, 1.82) is 0 Å². The zero-order valence-corrected chi connectivity index (χ0v) is 17.6. The molecule has 1 aliphatic rings. The summed E-state index contributed by atoms with van der Waals surface area (Å²) >= 11 is 0. The molecular weight excluding hydrogens is 362 g/mol. The third-order valence-corrected chi connectivity index (χ3v) is 5.39. The van der Waals surface area contributed by atoms with Crippen LogP contribution in [0.5, 0.6) is 0 Å². The van der Waals surface area contributed by atoms with Crippen LogP contribution in [0.3, 0.4) is 0 Å². The molecule has 1 saturated heterocycles. The Kier molecular flexibility index (Phi) is 7.67. The van der Waals surface area contributed by atoms with Gasteiger partial charge in [-0.25, -0.2) is 4.99 Å². The quantitative estimate of drug-likeness (QED) is 0.533. The zero-order chi connectivity index (χ0) is 20.5. The first-order valence-corrected chi connectivity index (χ1v) is 10.5.